The smallest absolute Gasteiger partial charge is 0.254 e. The van der Waals surface area contributed by atoms with Crippen molar-refractivity contribution in [1.82, 2.24) is 10.2 Å². The third-order valence-electron chi connectivity index (χ3n) is 3.84. The summed E-state index contributed by atoms with van der Waals surface area (Å²) in [6, 6.07) is 5.45. The summed E-state index contributed by atoms with van der Waals surface area (Å²) in [4.78, 5) is 14.6. The van der Waals surface area contributed by atoms with E-state index in [4.69, 9.17) is 17.3 Å². The second kappa shape index (κ2) is 6.95. The van der Waals surface area contributed by atoms with Crippen LogP contribution in [0.1, 0.15) is 36.5 Å². The van der Waals surface area contributed by atoms with Gasteiger partial charge in [0.15, 0.2) is 0 Å². The first-order chi connectivity index (χ1) is 9.59. The van der Waals surface area contributed by atoms with Crippen LogP contribution >= 0.6 is 11.6 Å². The van der Waals surface area contributed by atoms with Crippen molar-refractivity contribution >= 4 is 23.2 Å². The lowest BCUT2D eigenvalue weighted by atomic mass is 10.1. The van der Waals surface area contributed by atoms with Gasteiger partial charge >= 0.3 is 0 Å². The molecule has 1 aromatic carbocycles. The molecule has 1 aliphatic heterocycles. The number of amides is 1. The number of nitrogen functional groups attached to an aromatic ring is 1. The molecule has 20 heavy (non-hydrogen) atoms. The van der Waals surface area contributed by atoms with E-state index < -0.39 is 0 Å². The van der Waals surface area contributed by atoms with Gasteiger partial charge in [0, 0.05) is 18.3 Å². The van der Waals surface area contributed by atoms with E-state index in [9.17, 15) is 4.79 Å². The molecule has 0 spiro atoms. The molecule has 1 heterocycles. The zero-order chi connectivity index (χ0) is 14.5. The Morgan fingerprint density at radius 3 is 2.75 bits per heavy atom. The lowest BCUT2D eigenvalue weighted by Gasteiger charge is -2.32. The summed E-state index contributed by atoms with van der Waals surface area (Å²) >= 11 is 6.04. The summed E-state index contributed by atoms with van der Waals surface area (Å²) in [5.74, 6) is -0.197. The topological polar surface area (TPSA) is 58.4 Å². The molecule has 1 saturated heterocycles. The first-order valence-corrected chi connectivity index (χ1v) is 7.53. The van der Waals surface area contributed by atoms with E-state index in [0.717, 1.165) is 13.1 Å². The summed E-state index contributed by atoms with van der Waals surface area (Å²) in [5.41, 5.74) is 6.61. The largest absolute Gasteiger partial charge is 0.398 e. The number of carbonyl (C=O) groups is 1. The van der Waals surface area contributed by atoms with E-state index in [-0.39, 0.29) is 5.91 Å². The van der Waals surface area contributed by atoms with Gasteiger partial charge < -0.3 is 11.1 Å². The Kier molecular flexibility index (Phi) is 5.26. The van der Waals surface area contributed by atoms with Crippen LogP contribution in [0, 0.1) is 0 Å². The Balaban J connectivity index is 1.91. The highest BCUT2D eigenvalue weighted by atomic mass is 35.5. The van der Waals surface area contributed by atoms with Gasteiger partial charge in [-0.25, -0.2) is 0 Å². The Labute approximate surface area is 125 Å². The molecular weight excluding hydrogens is 274 g/mol. The van der Waals surface area contributed by atoms with Gasteiger partial charge in [0.2, 0.25) is 0 Å². The third kappa shape index (κ3) is 3.64. The van der Waals surface area contributed by atoms with Gasteiger partial charge in [-0.2, -0.15) is 0 Å². The summed E-state index contributed by atoms with van der Waals surface area (Å²) in [5, 5.41) is 3.33. The van der Waals surface area contributed by atoms with Gasteiger partial charge in [-0.1, -0.05) is 24.1 Å². The quantitative estimate of drug-likeness (QED) is 0.839. The zero-order valence-corrected chi connectivity index (χ0v) is 12.6. The molecule has 1 aliphatic rings. The molecule has 1 fully saturated rings. The summed E-state index contributed by atoms with van der Waals surface area (Å²) < 4.78 is 0. The fraction of sp³-hybridized carbons (Fsp3) is 0.533. The van der Waals surface area contributed by atoms with Crippen molar-refractivity contribution in [2.24, 2.45) is 0 Å². The lowest BCUT2D eigenvalue weighted by Crippen LogP contribution is -2.44. The van der Waals surface area contributed by atoms with E-state index in [1.165, 1.54) is 19.3 Å². The van der Waals surface area contributed by atoms with Crippen LogP contribution < -0.4 is 11.1 Å². The van der Waals surface area contributed by atoms with Crippen molar-refractivity contribution in [2.45, 2.75) is 32.2 Å². The molecule has 0 radical (unpaired) electrons. The molecular formula is C15H22ClN3O. The van der Waals surface area contributed by atoms with Crippen LogP contribution in [0.15, 0.2) is 18.2 Å². The molecule has 1 aromatic rings. The van der Waals surface area contributed by atoms with Crippen LogP contribution in [0.25, 0.3) is 0 Å². The molecule has 0 aromatic heterocycles. The maximum Gasteiger partial charge on any atom is 0.254 e. The number of nitrogens with zero attached hydrogens (tertiary/aromatic N) is 1. The van der Waals surface area contributed by atoms with Crippen LogP contribution in [0.5, 0.6) is 0 Å². The number of hydrogen-bond donors (Lipinski definition) is 2. The monoisotopic (exact) mass is 295 g/mol. The fourth-order valence-corrected chi connectivity index (χ4v) is 2.87. The first kappa shape index (κ1) is 15.1. The van der Waals surface area contributed by atoms with Crippen LogP contribution in [0.3, 0.4) is 0 Å². The van der Waals surface area contributed by atoms with E-state index >= 15 is 0 Å². The second-order valence-corrected chi connectivity index (χ2v) is 5.77. The standard InChI is InChI=1S/C15H22ClN3O/c1-11(19-8-3-2-4-9-19)10-18-15(20)14-12(16)6-5-7-13(14)17/h5-7,11H,2-4,8-10,17H2,1H3,(H,18,20). The van der Waals surface area contributed by atoms with Crippen molar-refractivity contribution < 1.29 is 4.79 Å². The van der Waals surface area contributed by atoms with Crippen LogP contribution in [-0.2, 0) is 0 Å². The minimum absolute atomic E-state index is 0.197. The molecule has 0 saturated carbocycles. The Hall–Kier alpha value is -1.26. The zero-order valence-electron chi connectivity index (χ0n) is 11.9. The number of anilines is 1. The van der Waals surface area contributed by atoms with Crippen molar-refractivity contribution in [1.29, 1.82) is 0 Å². The maximum atomic E-state index is 12.2. The number of piperidine rings is 1. The number of hydrogen-bond acceptors (Lipinski definition) is 3. The van der Waals surface area contributed by atoms with Gasteiger partial charge in [0.25, 0.3) is 5.91 Å². The van der Waals surface area contributed by atoms with E-state index in [0.29, 0.717) is 28.9 Å². The number of benzene rings is 1. The average Bonchev–Trinajstić information content (AvgIpc) is 2.45. The predicted molar refractivity (Wildman–Crippen MR) is 83.1 cm³/mol. The molecule has 1 amide bonds. The molecule has 1 unspecified atom stereocenters. The molecule has 3 N–H and O–H groups in total. The number of nitrogens with one attached hydrogen (secondary N) is 1. The number of nitrogens with two attached hydrogens (primary N) is 1. The minimum atomic E-state index is -0.197. The summed E-state index contributed by atoms with van der Waals surface area (Å²) in [7, 11) is 0. The molecule has 2 rings (SSSR count). The van der Waals surface area contributed by atoms with Crippen LogP contribution in [0.4, 0.5) is 5.69 Å². The van der Waals surface area contributed by atoms with Crippen molar-refractivity contribution in [3.63, 3.8) is 0 Å². The van der Waals surface area contributed by atoms with Gasteiger partial charge in [0.1, 0.15) is 0 Å². The third-order valence-corrected chi connectivity index (χ3v) is 4.16. The van der Waals surface area contributed by atoms with E-state index in [1.807, 2.05) is 0 Å². The fourth-order valence-electron chi connectivity index (χ4n) is 2.60. The summed E-state index contributed by atoms with van der Waals surface area (Å²) in [6.07, 6.45) is 3.80. The Bertz CT molecular complexity index is 452. The van der Waals surface area contributed by atoms with Gasteiger partial charge in [0.05, 0.1) is 10.6 Å². The SMILES string of the molecule is CC(CNC(=O)c1c(N)cccc1Cl)N1CCCCC1. The van der Waals surface area contributed by atoms with Gasteiger partial charge in [-0.3, -0.25) is 9.69 Å². The molecule has 0 aliphatic carbocycles. The highest BCUT2D eigenvalue weighted by molar-refractivity contribution is 6.34. The van der Waals surface area contributed by atoms with Crippen LogP contribution in [-0.4, -0.2) is 36.5 Å². The number of rotatable bonds is 4. The second-order valence-electron chi connectivity index (χ2n) is 5.36. The highest BCUT2D eigenvalue weighted by Crippen LogP contribution is 2.21. The Morgan fingerprint density at radius 2 is 2.10 bits per heavy atom. The normalized spacial score (nSPS) is 17.7. The number of halogens is 1. The van der Waals surface area contributed by atoms with Crippen molar-refractivity contribution in [3.05, 3.63) is 28.8 Å². The molecule has 110 valence electrons. The summed E-state index contributed by atoms with van der Waals surface area (Å²) in [6.45, 7) is 4.99. The number of carbonyl (C=O) groups excluding carboxylic acids is 1. The molecule has 4 nitrogen and oxygen atoms in total. The number of likely N-dealkylation sites (tertiary alicyclic amines) is 1. The first-order valence-electron chi connectivity index (χ1n) is 7.16. The highest BCUT2D eigenvalue weighted by Gasteiger charge is 2.19. The Morgan fingerprint density at radius 1 is 1.40 bits per heavy atom. The molecule has 5 heteroatoms. The molecule has 0 bridgehead atoms. The van der Waals surface area contributed by atoms with Crippen molar-refractivity contribution in [2.75, 3.05) is 25.4 Å². The van der Waals surface area contributed by atoms with Gasteiger partial charge in [-0.15, -0.1) is 0 Å². The van der Waals surface area contributed by atoms with E-state index in [2.05, 4.69) is 17.1 Å². The maximum absolute atomic E-state index is 12.2. The van der Waals surface area contributed by atoms with E-state index in [1.54, 1.807) is 18.2 Å². The molecule has 1 atom stereocenters. The van der Waals surface area contributed by atoms with Crippen molar-refractivity contribution in [3.8, 4) is 0 Å². The minimum Gasteiger partial charge on any atom is -0.398 e. The van der Waals surface area contributed by atoms with Gasteiger partial charge in [-0.05, 0) is 45.0 Å². The average molecular weight is 296 g/mol. The van der Waals surface area contributed by atoms with Crippen LogP contribution in [0.2, 0.25) is 5.02 Å². The predicted octanol–water partition coefficient (Wildman–Crippen LogP) is 2.53. The lowest BCUT2D eigenvalue weighted by molar-refractivity contribution is 0.0931.